The summed E-state index contributed by atoms with van der Waals surface area (Å²) in [5.41, 5.74) is 1.13. The van der Waals surface area contributed by atoms with E-state index < -0.39 is 5.79 Å². The van der Waals surface area contributed by atoms with Crippen LogP contribution in [0, 0.1) is 0 Å². The van der Waals surface area contributed by atoms with Crippen molar-refractivity contribution in [1.29, 1.82) is 0 Å². The van der Waals surface area contributed by atoms with E-state index in [1.165, 1.54) is 0 Å². The Morgan fingerprint density at radius 1 is 1.10 bits per heavy atom. The average molecular weight is 272 g/mol. The average Bonchev–Trinajstić information content (AvgIpc) is 3.17. The molecule has 1 aromatic heterocycles. The molecule has 2 aromatic rings. The highest BCUT2D eigenvalue weighted by molar-refractivity contribution is 5.20. The van der Waals surface area contributed by atoms with E-state index in [9.17, 15) is 0 Å². The molecule has 1 fully saturated rings. The Labute approximate surface area is 119 Å². The van der Waals surface area contributed by atoms with Crippen molar-refractivity contribution in [3.63, 3.8) is 0 Å². The number of ether oxygens (including phenoxy) is 2. The Bertz CT molecular complexity index is 505. The molecule has 106 valence electrons. The molecule has 0 amide bonds. The first-order valence-electron chi connectivity index (χ1n) is 7.18. The van der Waals surface area contributed by atoms with Gasteiger partial charge in [-0.1, -0.05) is 30.3 Å². The van der Waals surface area contributed by atoms with Crippen molar-refractivity contribution < 1.29 is 9.47 Å². The lowest BCUT2D eigenvalue weighted by atomic mass is 9.99. The van der Waals surface area contributed by atoms with E-state index in [2.05, 4.69) is 21.7 Å². The van der Waals surface area contributed by atoms with Gasteiger partial charge in [0.05, 0.1) is 19.5 Å². The molecular weight excluding hydrogens is 252 g/mol. The van der Waals surface area contributed by atoms with E-state index in [4.69, 9.17) is 9.47 Å². The SMILES string of the molecule is c1ccc(C2(CCCCn3ccnc3)OCCO2)cc1. The Hall–Kier alpha value is -1.65. The zero-order valence-corrected chi connectivity index (χ0v) is 11.6. The molecule has 3 rings (SSSR count). The number of hydrogen-bond donors (Lipinski definition) is 0. The van der Waals surface area contributed by atoms with Crippen LogP contribution in [0.2, 0.25) is 0 Å². The number of imidazole rings is 1. The van der Waals surface area contributed by atoms with Crippen LogP contribution in [0.1, 0.15) is 24.8 Å². The molecule has 1 saturated heterocycles. The summed E-state index contributed by atoms with van der Waals surface area (Å²) in [5.74, 6) is -0.532. The number of nitrogens with zero attached hydrogens (tertiary/aromatic N) is 2. The van der Waals surface area contributed by atoms with Gasteiger partial charge in [-0.25, -0.2) is 4.98 Å². The van der Waals surface area contributed by atoms with E-state index in [1.54, 1.807) is 0 Å². The first kappa shape index (κ1) is 13.3. The molecule has 1 aliphatic rings. The molecule has 0 aliphatic carbocycles. The van der Waals surface area contributed by atoms with Crippen LogP contribution in [0.4, 0.5) is 0 Å². The summed E-state index contributed by atoms with van der Waals surface area (Å²) in [7, 11) is 0. The summed E-state index contributed by atoms with van der Waals surface area (Å²) in [6.07, 6.45) is 8.72. The summed E-state index contributed by atoms with van der Waals surface area (Å²) >= 11 is 0. The Kier molecular flexibility index (Phi) is 4.14. The highest BCUT2D eigenvalue weighted by Gasteiger charge is 2.37. The fourth-order valence-corrected chi connectivity index (χ4v) is 2.67. The molecule has 0 N–H and O–H groups in total. The van der Waals surface area contributed by atoms with E-state index >= 15 is 0 Å². The van der Waals surface area contributed by atoms with Crippen LogP contribution < -0.4 is 0 Å². The van der Waals surface area contributed by atoms with Crippen molar-refractivity contribution in [2.45, 2.75) is 31.6 Å². The van der Waals surface area contributed by atoms with Crippen molar-refractivity contribution in [3.05, 3.63) is 54.6 Å². The largest absolute Gasteiger partial charge is 0.343 e. The van der Waals surface area contributed by atoms with Crippen molar-refractivity contribution >= 4 is 0 Å². The second kappa shape index (κ2) is 6.20. The molecule has 0 spiro atoms. The number of hydrogen-bond acceptors (Lipinski definition) is 3. The Morgan fingerprint density at radius 3 is 2.60 bits per heavy atom. The number of rotatable bonds is 6. The Balaban J connectivity index is 1.58. The molecule has 1 aromatic carbocycles. The van der Waals surface area contributed by atoms with Crippen LogP contribution in [0.15, 0.2) is 49.1 Å². The predicted octanol–water partition coefficient (Wildman–Crippen LogP) is 2.95. The van der Waals surface area contributed by atoms with E-state index in [0.717, 1.165) is 31.4 Å². The second-order valence-electron chi connectivity index (χ2n) is 5.07. The maximum atomic E-state index is 5.92. The van der Waals surface area contributed by atoms with E-state index in [-0.39, 0.29) is 0 Å². The van der Waals surface area contributed by atoms with Gasteiger partial charge >= 0.3 is 0 Å². The molecular formula is C16H20N2O2. The normalized spacial score (nSPS) is 17.4. The summed E-state index contributed by atoms with van der Waals surface area (Å²) in [5, 5.41) is 0. The Morgan fingerprint density at radius 2 is 1.90 bits per heavy atom. The fraction of sp³-hybridized carbons (Fsp3) is 0.438. The van der Waals surface area contributed by atoms with Crippen LogP contribution in [0.25, 0.3) is 0 Å². The molecule has 1 aliphatic heterocycles. The maximum absolute atomic E-state index is 5.92. The highest BCUT2D eigenvalue weighted by atomic mass is 16.7. The van der Waals surface area contributed by atoms with Crippen LogP contribution in [-0.4, -0.2) is 22.8 Å². The number of benzene rings is 1. The first-order chi connectivity index (χ1) is 9.89. The van der Waals surface area contributed by atoms with Crippen LogP contribution in [0.3, 0.4) is 0 Å². The zero-order valence-electron chi connectivity index (χ0n) is 11.6. The summed E-state index contributed by atoms with van der Waals surface area (Å²) in [6, 6.07) is 10.3. The van der Waals surface area contributed by atoms with Gasteiger partial charge in [0.1, 0.15) is 0 Å². The first-order valence-corrected chi connectivity index (χ1v) is 7.18. The smallest absolute Gasteiger partial charge is 0.194 e. The molecule has 0 atom stereocenters. The van der Waals surface area contributed by atoms with Gasteiger partial charge in [0.2, 0.25) is 0 Å². The quantitative estimate of drug-likeness (QED) is 0.759. The number of unbranched alkanes of at least 4 members (excludes halogenated alkanes) is 1. The van der Waals surface area contributed by atoms with E-state index in [0.29, 0.717) is 13.2 Å². The van der Waals surface area contributed by atoms with Gasteiger partial charge in [-0.15, -0.1) is 0 Å². The minimum absolute atomic E-state index is 0.532. The lowest BCUT2D eigenvalue weighted by molar-refractivity contribution is -0.171. The van der Waals surface area contributed by atoms with Gasteiger partial charge in [0, 0.05) is 30.9 Å². The molecule has 20 heavy (non-hydrogen) atoms. The lowest BCUT2D eigenvalue weighted by Crippen LogP contribution is -2.27. The highest BCUT2D eigenvalue weighted by Crippen LogP contribution is 2.36. The molecule has 0 unspecified atom stereocenters. The minimum atomic E-state index is -0.532. The third-order valence-corrected chi connectivity index (χ3v) is 3.70. The summed E-state index contributed by atoms with van der Waals surface area (Å²) in [4.78, 5) is 4.05. The van der Waals surface area contributed by atoms with Gasteiger partial charge < -0.3 is 14.0 Å². The zero-order chi connectivity index (χ0) is 13.7. The van der Waals surface area contributed by atoms with Crippen molar-refractivity contribution in [3.8, 4) is 0 Å². The molecule has 0 bridgehead atoms. The number of aryl methyl sites for hydroxylation is 1. The fourth-order valence-electron chi connectivity index (χ4n) is 2.67. The van der Waals surface area contributed by atoms with Gasteiger partial charge in [-0.2, -0.15) is 0 Å². The number of aromatic nitrogens is 2. The third kappa shape index (κ3) is 2.92. The van der Waals surface area contributed by atoms with Crippen LogP contribution >= 0.6 is 0 Å². The minimum Gasteiger partial charge on any atom is -0.343 e. The standard InChI is InChI=1S/C16H20N2O2/c1-2-6-15(7-3-1)16(19-12-13-20-16)8-4-5-10-18-11-9-17-14-18/h1-3,6-7,9,11,14H,4-5,8,10,12-13H2. The van der Waals surface area contributed by atoms with Gasteiger partial charge in [-0.3, -0.25) is 0 Å². The van der Waals surface area contributed by atoms with Gasteiger partial charge in [-0.05, 0) is 12.8 Å². The topological polar surface area (TPSA) is 36.3 Å². The molecule has 4 heteroatoms. The molecule has 0 radical (unpaired) electrons. The van der Waals surface area contributed by atoms with Crippen LogP contribution in [-0.2, 0) is 21.8 Å². The summed E-state index contributed by atoms with van der Waals surface area (Å²) in [6.45, 7) is 2.34. The third-order valence-electron chi connectivity index (χ3n) is 3.70. The monoisotopic (exact) mass is 272 g/mol. The van der Waals surface area contributed by atoms with E-state index in [1.807, 2.05) is 36.9 Å². The summed E-state index contributed by atoms with van der Waals surface area (Å²) < 4.78 is 13.9. The van der Waals surface area contributed by atoms with Gasteiger partial charge in [0.15, 0.2) is 5.79 Å². The molecule has 4 nitrogen and oxygen atoms in total. The molecule has 0 saturated carbocycles. The molecule has 2 heterocycles. The maximum Gasteiger partial charge on any atom is 0.194 e. The van der Waals surface area contributed by atoms with Crippen LogP contribution in [0.5, 0.6) is 0 Å². The van der Waals surface area contributed by atoms with Gasteiger partial charge in [0.25, 0.3) is 0 Å². The second-order valence-corrected chi connectivity index (χ2v) is 5.07. The van der Waals surface area contributed by atoms with Crippen molar-refractivity contribution in [1.82, 2.24) is 9.55 Å². The van der Waals surface area contributed by atoms with Crippen molar-refractivity contribution in [2.75, 3.05) is 13.2 Å². The van der Waals surface area contributed by atoms with Crippen molar-refractivity contribution in [2.24, 2.45) is 0 Å². The predicted molar refractivity (Wildman–Crippen MR) is 76.1 cm³/mol. The lowest BCUT2D eigenvalue weighted by Gasteiger charge is -2.28.